The van der Waals surface area contributed by atoms with Crippen LogP contribution in [0, 0.1) is 11.3 Å². The standard InChI is InChI=1S/C43H29N.2C2H6/c1-28(27-44)24-29(2)30-16-18-32(19-17-30)34-21-23-42-38(26-34)37-25-33(31-10-4-3-5-11-31)20-22-41(37)43(42)39-14-8-6-12-35(39)36-13-7-9-15-40(36)43;2*1-2/h3-26H,2H2,1H3;2*1-2H3/b28-24+;;. The predicted molar refractivity (Wildman–Crippen MR) is 205 cm³/mol. The van der Waals surface area contributed by atoms with Gasteiger partial charge in [0.05, 0.1) is 11.5 Å². The van der Waals surface area contributed by atoms with Crippen molar-refractivity contribution in [2.24, 2.45) is 0 Å². The second kappa shape index (κ2) is 13.6. The Balaban J connectivity index is 0.000000969. The van der Waals surface area contributed by atoms with E-state index in [1.54, 1.807) is 6.92 Å². The lowest BCUT2D eigenvalue weighted by Gasteiger charge is -2.30. The number of benzene rings is 6. The number of rotatable bonds is 4. The van der Waals surface area contributed by atoms with E-state index in [2.05, 4.69) is 152 Å². The summed E-state index contributed by atoms with van der Waals surface area (Å²) >= 11 is 0. The third-order valence-corrected chi connectivity index (χ3v) is 9.35. The summed E-state index contributed by atoms with van der Waals surface area (Å²) in [5.41, 5.74) is 17.5. The van der Waals surface area contributed by atoms with E-state index in [1.165, 1.54) is 61.2 Å². The van der Waals surface area contributed by atoms with Crippen LogP contribution in [-0.4, -0.2) is 0 Å². The molecule has 6 aromatic rings. The number of fused-ring (bicyclic) bond motifs is 10. The zero-order valence-corrected chi connectivity index (χ0v) is 28.5. The summed E-state index contributed by atoms with van der Waals surface area (Å²) in [5.74, 6) is 0. The van der Waals surface area contributed by atoms with Crippen LogP contribution >= 0.6 is 0 Å². The van der Waals surface area contributed by atoms with Gasteiger partial charge in [-0.15, -0.1) is 0 Å². The summed E-state index contributed by atoms with van der Waals surface area (Å²) in [7, 11) is 0. The van der Waals surface area contributed by atoms with Gasteiger partial charge < -0.3 is 0 Å². The minimum Gasteiger partial charge on any atom is -0.193 e. The smallest absolute Gasteiger partial charge is 0.0944 e. The van der Waals surface area contributed by atoms with Gasteiger partial charge in [0.25, 0.3) is 0 Å². The van der Waals surface area contributed by atoms with Gasteiger partial charge in [0, 0.05) is 5.57 Å². The minimum absolute atomic E-state index is 0.363. The number of nitrogens with zero attached hydrogens (tertiary/aromatic N) is 1. The molecule has 0 aromatic heterocycles. The van der Waals surface area contributed by atoms with Gasteiger partial charge in [-0.3, -0.25) is 0 Å². The van der Waals surface area contributed by atoms with Crippen molar-refractivity contribution >= 4 is 5.57 Å². The number of allylic oxidation sites excluding steroid dienone is 3. The van der Waals surface area contributed by atoms with Gasteiger partial charge in [-0.1, -0.05) is 162 Å². The highest BCUT2D eigenvalue weighted by Gasteiger charge is 2.51. The first-order chi connectivity index (χ1) is 23.6. The van der Waals surface area contributed by atoms with Gasteiger partial charge in [0.15, 0.2) is 0 Å². The third-order valence-electron chi connectivity index (χ3n) is 9.35. The molecule has 0 bridgehead atoms. The Morgan fingerprint density at radius 2 is 0.938 bits per heavy atom. The van der Waals surface area contributed by atoms with Crippen LogP contribution in [0.15, 0.2) is 158 Å². The Bertz CT molecular complexity index is 2140. The van der Waals surface area contributed by atoms with E-state index < -0.39 is 0 Å². The Hall–Kier alpha value is -5.71. The lowest BCUT2D eigenvalue weighted by molar-refractivity contribution is 0.794. The van der Waals surface area contributed by atoms with Crippen LogP contribution in [0.5, 0.6) is 0 Å². The zero-order valence-electron chi connectivity index (χ0n) is 28.5. The molecule has 1 nitrogen and oxygen atoms in total. The van der Waals surface area contributed by atoms with E-state index in [-0.39, 0.29) is 5.41 Å². The Morgan fingerprint density at radius 3 is 1.44 bits per heavy atom. The number of nitriles is 1. The predicted octanol–water partition coefficient (Wildman–Crippen LogP) is 12.9. The summed E-state index contributed by atoms with van der Waals surface area (Å²) in [5, 5.41) is 9.18. The summed E-state index contributed by atoms with van der Waals surface area (Å²) in [6, 6.07) is 53.3. The molecular formula is C47H41N. The molecule has 2 aliphatic carbocycles. The van der Waals surface area contributed by atoms with Crippen LogP contribution in [0.3, 0.4) is 0 Å². The van der Waals surface area contributed by atoms with Gasteiger partial charge in [-0.2, -0.15) is 5.26 Å². The lowest BCUT2D eigenvalue weighted by Crippen LogP contribution is -2.25. The fourth-order valence-corrected chi connectivity index (χ4v) is 7.39. The molecule has 0 amide bonds. The van der Waals surface area contributed by atoms with Crippen molar-refractivity contribution in [3.8, 4) is 50.6 Å². The molecule has 2 aliphatic rings. The van der Waals surface area contributed by atoms with Gasteiger partial charge in [0.2, 0.25) is 0 Å². The second-order valence-corrected chi connectivity index (χ2v) is 11.8. The van der Waals surface area contributed by atoms with Crippen LogP contribution in [0.25, 0.3) is 50.1 Å². The van der Waals surface area contributed by atoms with E-state index in [0.29, 0.717) is 5.57 Å². The van der Waals surface area contributed by atoms with Crippen LogP contribution in [0.2, 0.25) is 0 Å². The zero-order chi connectivity index (χ0) is 33.8. The summed E-state index contributed by atoms with van der Waals surface area (Å²) in [6.45, 7) is 14.0. The maximum Gasteiger partial charge on any atom is 0.0944 e. The fourth-order valence-electron chi connectivity index (χ4n) is 7.39. The van der Waals surface area contributed by atoms with Crippen molar-refractivity contribution in [1.82, 2.24) is 0 Å². The molecule has 0 heterocycles. The Kier molecular flexibility index (Phi) is 9.11. The van der Waals surface area contributed by atoms with E-state index in [4.69, 9.17) is 0 Å². The normalized spacial score (nSPS) is 12.6. The average molecular weight is 620 g/mol. The van der Waals surface area contributed by atoms with Crippen molar-refractivity contribution in [3.63, 3.8) is 0 Å². The highest BCUT2D eigenvalue weighted by molar-refractivity contribution is 5.97. The first-order valence-electron chi connectivity index (χ1n) is 17.0. The monoisotopic (exact) mass is 619 g/mol. The van der Waals surface area contributed by atoms with E-state index >= 15 is 0 Å². The van der Waals surface area contributed by atoms with Crippen molar-refractivity contribution in [2.45, 2.75) is 40.0 Å². The highest BCUT2D eigenvalue weighted by Crippen LogP contribution is 2.63. The molecule has 0 radical (unpaired) electrons. The number of hydrogen-bond acceptors (Lipinski definition) is 1. The molecule has 234 valence electrons. The van der Waals surface area contributed by atoms with Gasteiger partial charge >= 0.3 is 0 Å². The van der Waals surface area contributed by atoms with Gasteiger partial charge in [0.1, 0.15) is 0 Å². The molecule has 1 heteroatoms. The Morgan fingerprint density at radius 1 is 0.521 bits per heavy atom. The van der Waals surface area contributed by atoms with Crippen LogP contribution < -0.4 is 0 Å². The SMILES string of the molecule is C=C(/C=C(\C)C#N)c1ccc(-c2ccc3c(c2)-c2cc(-c4ccccc4)ccc2C32c3ccccc3-c3ccccc32)cc1.CC.CC. The average Bonchev–Trinajstić information content (AvgIpc) is 3.63. The topological polar surface area (TPSA) is 23.8 Å². The molecular weight excluding hydrogens is 579 g/mol. The first-order valence-corrected chi connectivity index (χ1v) is 17.0. The molecule has 0 atom stereocenters. The van der Waals surface area contributed by atoms with Crippen molar-refractivity contribution in [3.05, 3.63) is 186 Å². The highest BCUT2D eigenvalue weighted by atomic mass is 14.5. The Labute approximate surface area is 286 Å². The van der Waals surface area contributed by atoms with Crippen LogP contribution in [-0.2, 0) is 5.41 Å². The van der Waals surface area contributed by atoms with Crippen molar-refractivity contribution in [1.29, 1.82) is 5.26 Å². The minimum atomic E-state index is -0.363. The molecule has 8 rings (SSSR count). The van der Waals surface area contributed by atoms with Gasteiger partial charge in [-0.25, -0.2) is 0 Å². The van der Waals surface area contributed by atoms with Crippen LogP contribution in [0.1, 0.15) is 62.4 Å². The largest absolute Gasteiger partial charge is 0.193 e. The molecule has 1 spiro atoms. The van der Waals surface area contributed by atoms with E-state index in [0.717, 1.165) is 16.7 Å². The van der Waals surface area contributed by atoms with Crippen molar-refractivity contribution in [2.75, 3.05) is 0 Å². The summed E-state index contributed by atoms with van der Waals surface area (Å²) < 4.78 is 0. The first kappa shape index (κ1) is 32.2. The molecule has 0 unspecified atom stereocenters. The maximum absolute atomic E-state index is 9.18. The third kappa shape index (κ3) is 5.11. The second-order valence-electron chi connectivity index (χ2n) is 11.8. The summed E-state index contributed by atoms with van der Waals surface area (Å²) in [6.07, 6.45) is 1.84. The maximum atomic E-state index is 9.18. The van der Waals surface area contributed by atoms with E-state index in [1.807, 2.05) is 33.8 Å². The molecule has 0 N–H and O–H groups in total. The molecule has 48 heavy (non-hydrogen) atoms. The van der Waals surface area contributed by atoms with Gasteiger partial charge in [-0.05, 0) is 103 Å². The molecule has 6 aromatic carbocycles. The lowest BCUT2D eigenvalue weighted by atomic mass is 9.70. The molecule has 0 saturated carbocycles. The molecule has 0 aliphatic heterocycles. The molecule has 0 saturated heterocycles. The quantitative estimate of drug-likeness (QED) is 0.142. The summed E-state index contributed by atoms with van der Waals surface area (Å²) in [4.78, 5) is 0. The fraction of sp³-hybridized carbons (Fsp3) is 0.128. The van der Waals surface area contributed by atoms with Crippen LogP contribution in [0.4, 0.5) is 0 Å². The van der Waals surface area contributed by atoms with E-state index in [9.17, 15) is 5.26 Å². The molecule has 0 fully saturated rings. The number of hydrogen-bond donors (Lipinski definition) is 0. The van der Waals surface area contributed by atoms with Crippen molar-refractivity contribution < 1.29 is 0 Å².